The predicted molar refractivity (Wildman–Crippen MR) is 84.9 cm³/mol. The van der Waals surface area contributed by atoms with Crippen LogP contribution in [0.4, 0.5) is 13.2 Å². The van der Waals surface area contributed by atoms with Crippen molar-refractivity contribution < 1.29 is 17.9 Å². The molecule has 24 heavy (non-hydrogen) atoms. The fourth-order valence-electron chi connectivity index (χ4n) is 2.78. The number of imidazole rings is 1. The Balaban J connectivity index is 2.34. The minimum Gasteiger partial charge on any atom is -0.497 e. The van der Waals surface area contributed by atoms with Crippen LogP contribution in [0.2, 0.25) is 0 Å². The number of benzene rings is 2. The van der Waals surface area contributed by atoms with Gasteiger partial charge >= 0.3 is 0 Å². The molecule has 1 aromatic heterocycles. The highest BCUT2D eigenvalue weighted by Crippen LogP contribution is 2.34. The summed E-state index contributed by atoms with van der Waals surface area (Å²) >= 11 is 0. The Hall–Kier alpha value is -2.76. The van der Waals surface area contributed by atoms with Gasteiger partial charge in [0.05, 0.1) is 29.7 Å². The highest BCUT2D eigenvalue weighted by atomic mass is 19.1. The second-order valence-corrected chi connectivity index (χ2v) is 5.35. The molecular formula is C18H15F3N2O. The van der Waals surface area contributed by atoms with Gasteiger partial charge in [0.25, 0.3) is 0 Å². The summed E-state index contributed by atoms with van der Waals surface area (Å²) in [5, 5.41) is 0. The third-order valence-electron chi connectivity index (χ3n) is 3.80. The Bertz CT molecular complexity index is 896. The molecule has 6 heteroatoms. The van der Waals surface area contributed by atoms with Gasteiger partial charge in [0.1, 0.15) is 29.0 Å². The normalized spacial score (nSPS) is 10.9. The number of rotatable bonds is 3. The first-order valence-corrected chi connectivity index (χ1v) is 7.28. The monoisotopic (exact) mass is 332 g/mol. The van der Waals surface area contributed by atoms with Crippen molar-refractivity contribution >= 4 is 0 Å². The average Bonchev–Trinajstić information content (AvgIpc) is 2.81. The number of para-hydroxylation sites is 1. The van der Waals surface area contributed by atoms with E-state index in [1.54, 1.807) is 26.0 Å². The van der Waals surface area contributed by atoms with Gasteiger partial charge in [-0.05, 0) is 26.0 Å². The standard InChI is InChI=1S/C18H15F3N2O/c1-10-18(17-14(20)8-12(24-3)9-15(17)21)23(11(2)22-10)16-7-5-4-6-13(16)19/h4-9H,1-3H3. The molecule has 2 aromatic carbocycles. The zero-order valence-electron chi connectivity index (χ0n) is 13.4. The molecular weight excluding hydrogens is 317 g/mol. The van der Waals surface area contributed by atoms with E-state index in [9.17, 15) is 13.2 Å². The SMILES string of the molecule is COc1cc(F)c(-c2c(C)nc(C)n2-c2ccccc2F)c(F)c1. The Morgan fingerprint density at radius 2 is 1.58 bits per heavy atom. The van der Waals surface area contributed by atoms with Crippen molar-refractivity contribution in [2.45, 2.75) is 13.8 Å². The number of hydrogen-bond acceptors (Lipinski definition) is 2. The zero-order chi connectivity index (χ0) is 17.4. The first-order valence-electron chi connectivity index (χ1n) is 7.28. The molecule has 0 aliphatic carbocycles. The van der Waals surface area contributed by atoms with Crippen LogP contribution in [-0.2, 0) is 0 Å². The van der Waals surface area contributed by atoms with Crippen LogP contribution in [0, 0.1) is 31.3 Å². The number of hydrogen-bond donors (Lipinski definition) is 0. The molecule has 0 unspecified atom stereocenters. The molecule has 3 nitrogen and oxygen atoms in total. The summed E-state index contributed by atoms with van der Waals surface area (Å²) < 4.78 is 49.5. The Morgan fingerprint density at radius 3 is 2.17 bits per heavy atom. The zero-order valence-corrected chi connectivity index (χ0v) is 13.4. The summed E-state index contributed by atoms with van der Waals surface area (Å²) in [5.74, 6) is -1.60. The van der Waals surface area contributed by atoms with E-state index in [4.69, 9.17) is 4.74 Å². The summed E-state index contributed by atoms with van der Waals surface area (Å²) in [4.78, 5) is 4.26. The van der Waals surface area contributed by atoms with Crippen molar-refractivity contribution in [2.75, 3.05) is 7.11 Å². The Labute approximate surface area is 137 Å². The maximum Gasteiger partial charge on any atom is 0.147 e. The second kappa shape index (κ2) is 6.03. The van der Waals surface area contributed by atoms with E-state index in [-0.39, 0.29) is 22.7 Å². The van der Waals surface area contributed by atoms with Gasteiger partial charge in [-0.2, -0.15) is 0 Å². The molecule has 0 saturated carbocycles. The molecule has 0 fully saturated rings. The van der Waals surface area contributed by atoms with E-state index in [0.29, 0.717) is 11.5 Å². The predicted octanol–water partition coefficient (Wildman–Crippen LogP) is 4.58. The van der Waals surface area contributed by atoms with E-state index in [1.165, 1.54) is 23.8 Å². The highest BCUT2D eigenvalue weighted by Gasteiger charge is 2.23. The van der Waals surface area contributed by atoms with Crippen molar-refractivity contribution in [1.82, 2.24) is 9.55 Å². The number of aryl methyl sites for hydroxylation is 2. The quantitative estimate of drug-likeness (QED) is 0.702. The largest absolute Gasteiger partial charge is 0.497 e. The molecule has 0 saturated heterocycles. The second-order valence-electron chi connectivity index (χ2n) is 5.35. The molecule has 3 rings (SSSR count). The van der Waals surface area contributed by atoms with Crippen LogP contribution in [0.5, 0.6) is 5.75 Å². The fraction of sp³-hybridized carbons (Fsp3) is 0.167. The summed E-state index contributed by atoms with van der Waals surface area (Å²) in [5.41, 5.74) is 0.492. The van der Waals surface area contributed by atoms with Gasteiger partial charge in [-0.1, -0.05) is 12.1 Å². The van der Waals surface area contributed by atoms with Gasteiger partial charge in [0.2, 0.25) is 0 Å². The van der Waals surface area contributed by atoms with Gasteiger partial charge in [0.15, 0.2) is 0 Å². The number of ether oxygens (including phenoxy) is 1. The molecule has 0 atom stereocenters. The number of aromatic nitrogens is 2. The first-order chi connectivity index (χ1) is 11.4. The Morgan fingerprint density at radius 1 is 0.958 bits per heavy atom. The van der Waals surface area contributed by atoms with Crippen LogP contribution in [0.15, 0.2) is 36.4 Å². The Kier molecular flexibility index (Phi) is 4.05. The maximum atomic E-state index is 14.5. The van der Waals surface area contributed by atoms with Gasteiger partial charge in [0, 0.05) is 12.1 Å². The van der Waals surface area contributed by atoms with Crippen LogP contribution < -0.4 is 4.74 Å². The molecule has 0 amide bonds. The third kappa shape index (κ3) is 2.54. The fourth-order valence-corrected chi connectivity index (χ4v) is 2.78. The third-order valence-corrected chi connectivity index (χ3v) is 3.80. The minimum absolute atomic E-state index is 0.0695. The van der Waals surface area contributed by atoms with Crippen LogP contribution in [0.3, 0.4) is 0 Å². The van der Waals surface area contributed by atoms with Gasteiger partial charge < -0.3 is 4.74 Å². The summed E-state index contributed by atoms with van der Waals surface area (Å²) in [7, 11) is 1.33. The van der Waals surface area contributed by atoms with Gasteiger partial charge in [-0.25, -0.2) is 18.2 Å². The number of halogens is 3. The number of methoxy groups -OCH3 is 1. The van der Waals surface area contributed by atoms with Crippen molar-refractivity contribution in [3.8, 4) is 22.7 Å². The van der Waals surface area contributed by atoms with Gasteiger partial charge in [-0.3, -0.25) is 4.57 Å². The highest BCUT2D eigenvalue weighted by molar-refractivity contribution is 5.68. The number of nitrogens with zero attached hydrogens (tertiary/aromatic N) is 2. The van der Waals surface area contributed by atoms with Crippen molar-refractivity contribution in [3.05, 3.63) is 65.4 Å². The van der Waals surface area contributed by atoms with Crippen LogP contribution >= 0.6 is 0 Å². The lowest BCUT2D eigenvalue weighted by Crippen LogP contribution is -2.05. The van der Waals surface area contributed by atoms with E-state index in [1.807, 2.05) is 0 Å². The lowest BCUT2D eigenvalue weighted by Gasteiger charge is -2.14. The molecule has 3 aromatic rings. The molecule has 0 aliphatic heterocycles. The smallest absolute Gasteiger partial charge is 0.147 e. The first kappa shape index (κ1) is 16.1. The van der Waals surface area contributed by atoms with E-state index in [2.05, 4.69) is 4.98 Å². The maximum absolute atomic E-state index is 14.5. The molecule has 0 aliphatic rings. The van der Waals surface area contributed by atoms with E-state index in [0.717, 1.165) is 12.1 Å². The molecule has 0 radical (unpaired) electrons. The molecule has 0 spiro atoms. The van der Waals surface area contributed by atoms with Crippen molar-refractivity contribution in [3.63, 3.8) is 0 Å². The lowest BCUT2D eigenvalue weighted by molar-refractivity contribution is 0.407. The van der Waals surface area contributed by atoms with Crippen molar-refractivity contribution in [1.29, 1.82) is 0 Å². The van der Waals surface area contributed by atoms with Crippen LogP contribution in [0.25, 0.3) is 16.9 Å². The van der Waals surface area contributed by atoms with Gasteiger partial charge in [-0.15, -0.1) is 0 Å². The minimum atomic E-state index is -0.799. The summed E-state index contributed by atoms with van der Waals surface area (Å²) in [6, 6.07) is 8.20. The summed E-state index contributed by atoms with van der Waals surface area (Å²) in [6.07, 6.45) is 0. The molecule has 0 N–H and O–H groups in total. The lowest BCUT2D eigenvalue weighted by atomic mass is 10.1. The molecule has 0 bridgehead atoms. The molecule has 124 valence electrons. The van der Waals surface area contributed by atoms with E-state index < -0.39 is 17.5 Å². The van der Waals surface area contributed by atoms with Crippen LogP contribution in [0.1, 0.15) is 11.5 Å². The molecule has 1 heterocycles. The topological polar surface area (TPSA) is 27.1 Å². The average molecular weight is 332 g/mol. The summed E-state index contributed by atoms with van der Waals surface area (Å²) in [6.45, 7) is 3.28. The van der Waals surface area contributed by atoms with Crippen LogP contribution in [-0.4, -0.2) is 16.7 Å². The van der Waals surface area contributed by atoms with Crippen molar-refractivity contribution in [2.24, 2.45) is 0 Å². The van der Waals surface area contributed by atoms with E-state index >= 15 is 0 Å².